The number of esters is 1. The van der Waals surface area contributed by atoms with Gasteiger partial charge in [0.2, 0.25) is 0 Å². The Hall–Kier alpha value is -2.65. The van der Waals surface area contributed by atoms with E-state index < -0.39 is 0 Å². The molecule has 1 heterocycles. The van der Waals surface area contributed by atoms with Crippen molar-refractivity contribution < 1.29 is 9.53 Å². The second-order valence-electron chi connectivity index (χ2n) is 6.82. The van der Waals surface area contributed by atoms with Crippen molar-refractivity contribution in [1.82, 2.24) is 4.90 Å². The molecular formula is C24H27NO2. The van der Waals surface area contributed by atoms with Gasteiger partial charge in [-0.2, -0.15) is 0 Å². The van der Waals surface area contributed by atoms with E-state index in [0.29, 0.717) is 6.61 Å². The molecule has 1 fully saturated rings. The van der Waals surface area contributed by atoms with Crippen LogP contribution < -0.4 is 0 Å². The average Bonchev–Trinajstić information content (AvgIpc) is 2.70. The molecule has 0 aliphatic carbocycles. The van der Waals surface area contributed by atoms with E-state index in [2.05, 4.69) is 53.4 Å². The highest BCUT2D eigenvalue weighted by molar-refractivity contribution is 5.87. The number of carbonyl (C=O) groups is 1. The van der Waals surface area contributed by atoms with Crippen LogP contribution in [0.4, 0.5) is 0 Å². The van der Waals surface area contributed by atoms with Gasteiger partial charge in [0, 0.05) is 25.7 Å². The van der Waals surface area contributed by atoms with E-state index >= 15 is 0 Å². The van der Waals surface area contributed by atoms with Crippen molar-refractivity contribution in [2.24, 2.45) is 0 Å². The molecule has 1 aliphatic rings. The van der Waals surface area contributed by atoms with Gasteiger partial charge in [0.25, 0.3) is 0 Å². The summed E-state index contributed by atoms with van der Waals surface area (Å²) in [4.78, 5) is 13.9. The van der Waals surface area contributed by atoms with E-state index in [0.717, 1.165) is 38.0 Å². The van der Waals surface area contributed by atoms with E-state index in [1.54, 1.807) is 13.0 Å². The third-order valence-corrected chi connectivity index (χ3v) is 4.75. The molecule has 3 heteroatoms. The van der Waals surface area contributed by atoms with Gasteiger partial charge in [-0.25, -0.2) is 4.79 Å². The molecule has 1 aliphatic heterocycles. The van der Waals surface area contributed by atoms with Crippen LogP contribution in [0.5, 0.6) is 0 Å². The zero-order valence-electron chi connectivity index (χ0n) is 15.9. The molecule has 1 saturated heterocycles. The normalized spacial score (nSPS) is 15.1. The maximum Gasteiger partial charge on any atom is 0.330 e. The van der Waals surface area contributed by atoms with Gasteiger partial charge in [-0.3, -0.25) is 4.90 Å². The van der Waals surface area contributed by atoms with Crippen molar-refractivity contribution in [3.63, 3.8) is 0 Å². The van der Waals surface area contributed by atoms with Crippen LogP contribution in [0.2, 0.25) is 0 Å². The molecular weight excluding hydrogens is 334 g/mol. The standard InChI is InChI=1S/C24H27NO2/c1-2-27-24(26)13-12-20-8-10-21(11-9-20)18-22-14-16-25(17-15-22)19-23-6-4-3-5-7-23/h3-13,18H,2,14-17,19H2,1H3/b13-12+. The van der Waals surface area contributed by atoms with Crippen molar-refractivity contribution in [2.45, 2.75) is 26.3 Å². The summed E-state index contributed by atoms with van der Waals surface area (Å²) in [7, 11) is 0. The van der Waals surface area contributed by atoms with E-state index in [9.17, 15) is 4.79 Å². The minimum absolute atomic E-state index is 0.300. The second-order valence-corrected chi connectivity index (χ2v) is 6.82. The molecule has 0 aromatic heterocycles. The first kappa shape index (κ1) is 19.1. The predicted octanol–water partition coefficient (Wildman–Crippen LogP) is 4.94. The summed E-state index contributed by atoms with van der Waals surface area (Å²) < 4.78 is 4.89. The zero-order valence-corrected chi connectivity index (χ0v) is 15.9. The summed E-state index contributed by atoms with van der Waals surface area (Å²) in [6.07, 6.45) is 7.81. The maximum absolute atomic E-state index is 11.4. The Morgan fingerprint density at radius 1 is 1.00 bits per heavy atom. The Kier molecular flexibility index (Phi) is 7.00. The van der Waals surface area contributed by atoms with Crippen molar-refractivity contribution in [3.05, 3.63) is 82.9 Å². The Labute approximate surface area is 162 Å². The summed E-state index contributed by atoms with van der Waals surface area (Å²) in [5.74, 6) is -0.300. The molecule has 0 bridgehead atoms. The third kappa shape index (κ3) is 6.22. The summed E-state index contributed by atoms with van der Waals surface area (Å²) >= 11 is 0. The van der Waals surface area contributed by atoms with Crippen molar-refractivity contribution >= 4 is 18.1 Å². The number of carbonyl (C=O) groups excluding carboxylic acids is 1. The van der Waals surface area contributed by atoms with E-state index in [1.807, 2.05) is 12.1 Å². The molecule has 0 unspecified atom stereocenters. The van der Waals surface area contributed by atoms with Crippen LogP contribution in [0, 0.1) is 0 Å². The van der Waals surface area contributed by atoms with Crippen molar-refractivity contribution in [3.8, 4) is 0 Å². The third-order valence-electron chi connectivity index (χ3n) is 4.75. The smallest absolute Gasteiger partial charge is 0.330 e. The van der Waals surface area contributed by atoms with Crippen molar-refractivity contribution in [2.75, 3.05) is 19.7 Å². The van der Waals surface area contributed by atoms with Crippen LogP contribution in [0.15, 0.2) is 66.2 Å². The first-order valence-electron chi connectivity index (χ1n) is 9.63. The lowest BCUT2D eigenvalue weighted by molar-refractivity contribution is -0.137. The minimum atomic E-state index is -0.300. The SMILES string of the molecule is CCOC(=O)/C=C/c1ccc(C=C2CCN(Cc3ccccc3)CC2)cc1. The number of nitrogens with zero attached hydrogens (tertiary/aromatic N) is 1. The fourth-order valence-corrected chi connectivity index (χ4v) is 3.28. The van der Waals surface area contributed by atoms with Gasteiger partial charge in [-0.15, -0.1) is 0 Å². The van der Waals surface area contributed by atoms with Gasteiger partial charge in [-0.05, 0) is 42.5 Å². The number of piperidine rings is 1. The summed E-state index contributed by atoms with van der Waals surface area (Å²) in [5, 5.41) is 0. The molecule has 0 atom stereocenters. The lowest BCUT2D eigenvalue weighted by Gasteiger charge is -2.28. The number of benzene rings is 2. The molecule has 0 saturated carbocycles. The van der Waals surface area contributed by atoms with Crippen LogP contribution in [0.3, 0.4) is 0 Å². The molecule has 0 amide bonds. The summed E-state index contributed by atoms with van der Waals surface area (Å²) in [6, 6.07) is 19.0. The molecule has 3 nitrogen and oxygen atoms in total. The highest BCUT2D eigenvalue weighted by Gasteiger charge is 2.13. The average molecular weight is 361 g/mol. The molecule has 0 N–H and O–H groups in total. The highest BCUT2D eigenvalue weighted by atomic mass is 16.5. The lowest BCUT2D eigenvalue weighted by atomic mass is 10.00. The minimum Gasteiger partial charge on any atom is -0.463 e. The Bertz CT molecular complexity index is 781. The Balaban J connectivity index is 1.51. The fraction of sp³-hybridized carbons (Fsp3) is 0.292. The molecule has 140 valence electrons. The van der Waals surface area contributed by atoms with Gasteiger partial charge < -0.3 is 4.74 Å². The van der Waals surface area contributed by atoms with E-state index in [-0.39, 0.29) is 5.97 Å². The Morgan fingerprint density at radius 2 is 1.67 bits per heavy atom. The first-order chi connectivity index (χ1) is 13.2. The monoisotopic (exact) mass is 361 g/mol. The number of hydrogen-bond acceptors (Lipinski definition) is 3. The van der Waals surface area contributed by atoms with Crippen LogP contribution in [0.25, 0.3) is 12.2 Å². The summed E-state index contributed by atoms with van der Waals surface area (Å²) in [6.45, 7) is 5.47. The molecule has 27 heavy (non-hydrogen) atoms. The fourth-order valence-electron chi connectivity index (χ4n) is 3.28. The van der Waals surface area contributed by atoms with Crippen LogP contribution in [-0.2, 0) is 16.1 Å². The topological polar surface area (TPSA) is 29.5 Å². The van der Waals surface area contributed by atoms with Crippen LogP contribution in [-0.4, -0.2) is 30.6 Å². The number of likely N-dealkylation sites (tertiary alicyclic amines) is 1. The van der Waals surface area contributed by atoms with Gasteiger partial charge in [0.1, 0.15) is 0 Å². The number of hydrogen-bond donors (Lipinski definition) is 0. The number of ether oxygens (including phenoxy) is 1. The molecule has 0 radical (unpaired) electrons. The van der Waals surface area contributed by atoms with Crippen molar-refractivity contribution in [1.29, 1.82) is 0 Å². The zero-order chi connectivity index (χ0) is 18.9. The Morgan fingerprint density at radius 3 is 2.33 bits per heavy atom. The van der Waals surface area contributed by atoms with Gasteiger partial charge in [0.05, 0.1) is 6.61 Å². The quantitative estimate of drug-likeness (QED) is 0.539. The second kappa shape index (κ2) is 9.89. The molecule has 2 aromatic carbocycles. The van der Waals surface area contributed by atoms with Gasteiger partial charge in [-0.1, -0.05) is 66.2 Å². The van der Waals surface area contributed by atoms with E-state index in [4.69, 9.17) is 4.74 Å². The molecule has 2 aromatic rings. The largest absolute Gasteiger partial charge is 0.463 e. The van der Waals surface area contributed by atoms with Crippen LogP contribution in [0.1, 0.15) is 36.5 Å². The summed E-state index contributed by atoms with van der Waals surface area (Å²) in [5.41, 5.74) is 5.11. The van der Waals surface area contributed by atoms with E-state index in [1.165, 1.54) is 22.8 Å². The first-order valence-corrected chi connectivity index (χ1v) is 9.63. The molecule has 0 spiro atoms. The highest BCUT2D eigenvalue weighted by Crippen LogP contribution is 2.21. The van der Waals surface area contributed by atoms with Gasteiger partial charge >= 0.3 is 5.97 Å². The van der Waals surface area contributed by atoms with Crippen LogP contribution >= 0.6 is 0 Å². The lowest BCUT2D eigenvalue weighted by Crippen LogP contribution is -2.30. The molecule has 3 rings (SSSR count). The number of rotatable bonds is 6. The van der Waals surface area contributed by atoms with Gasteiger partial charge in [0.15, 0.2) is 0 Å². The maximum atomic E-state index is 11.4. The predicted molar refractivity (Wildman–Crippen MR) is 111 cm³/mol.